The van der Waals surface area contributed by atoms with Gasteiger partial charge >= 0.3 is 5.97 Å². The molecule has 0 radical (unpaired) electrons. The number of aromatic nitrogens is 1. The van der Waals surface area contributed by atoms with Gasteiger partial charge in [-0.15, -0.1) is 0 Å². The summed E-state index contributed by atoms with van der Waals surface area (Å²) in [4.78, 5) is 28.7. The van der Waals surface area contributed by atoms with Crippen LogP contribution in [0.2, 0.25) is 0 Å². The van der Waals surface area contributed by atoms with Gasteiger partial charge in [-0.1, -0.05) is 0 Å². The van der Waals surface area contributed by atoms with E-state index in [1.54, 1.807) is 0 Å². The second-order valence-electron chi connectivity index (χ2n) is 6.46. The standard InChI is InChI=1S/C18H18F2N2O5/c19-11-1-2-12(13(20)9-11)14-10-21-15(27-14)3-4-16(23)22-7-5-18(26,6-8-22)17(24)25/h1-2,9-10,26H,3-8H2,(H,24,25). The number of halogens is 2. The predicted molar refractivity (Wildman–Crippen MR) is 88.6 cm³/mol. The van der Waals surface area contributed by atoms with Gasteiger partial charge in [0.2, 0.25) is 5.91 Å². The zero-order chi connectivity index (χ0) is 19.6. The van der Waals surface area contributed by atoms with Crippen LogP contribution in [0.1, 0.15) is 25.2 Å². The van der Waals surface area contributed by atoms with E-state index in [0.29, 0.717) is 0 Å². The molecule has 1 aromatic heterocycles. The molecule has 1 saturated heterocycles. The minimum absolute atomic E-state index is 0.0267. The predicted octanol–water partition coefficient (Wildman–Crippen LogP) is 1.99. The number of amides is 1. The number of carbonyl (C=O) groups is 2. The summed E-state index contributed by atoms with van der Waals surface area (Å²) in [6, 6.07) is 3.10. The molecular formula is C18H18F2N2O5. The number of carbonyl (C=O) groups excluding carboxylic acids is 1. The number of likely N-dealkylation sites (tertiary alicyclic amines) is 1. The maximum atomic E-state index is 13.8. The lowest BCUT2D eigenvalue weighted by Gasteiger charge is -2.35. The van der Waals surface area contributed by atoms with Crippen molar-refractivity contribution in [2.75, 3.05) is 13.1 Å². The fourth-order valence-electron chi connectivity index (χ4n) is 2.95. The molecule has 1 aliphatic heterocycles. The van der Waals surface area contributed by atoms with Gasteiger partial charge in [-0.2, -0.15) is 0 Å². The summed E-state index contributed by atoms with van der Waals surface area (Å²) in [6.07, 6.45) is 1.52. The highest BCUT2D eigenvalue weighted by molar-refractivity contribution is 5.79. The summed E-state index contributed by atoms with van der Waals surface area (Å²) in [5.74, 6) is -2.59. The number of aryl methyl sites for hydroxylation is 1. The second kappa shape index (κ2) is 7.43. The Labute approximate surface area is 153 Å². The number of hydrogen-bond acceptors (Lipinski definition) is 5. The highest BCUT2D eigenvalue weighted by Crippen LogP contribution is 2.25. The van der Waals surface area contributed by atoms with Crippen molar-refractivity contribution >= 4 is 11.9 Å². The molecule has 0 unspecified atom stereocenters. The van der Waals surface area contributed by atoms with Gasteiger partial charge in [0, 0.05) is 44.8 Å². The van der Waals surface area contributed by atoms with Crippen molar-refractivity contribution in [2.45, 2.75) is 31.3 Å². The summed E-state index contributed by atoms with van der Waals surface area (Å²) >= 11 is 0. The maximum absolute atomic E-state index is 13.8. The van der Waals surface area contributed by atoms with Gasteiger partial charge in [-0.25, -0.2) is 18.6 Å². The maximum Gasteiger partial charge on any atom is 0.335 e. The second-order valence-corrected chi connectivity index (χ2v) is 6.46. The molecule has 2 N–H and O–H groups in total. The molecule has 9 heteroatoms. The van der Waals surface area contributed by atoms with E-state index in [-0.39, 0.29) is 61.9 Å². The molecule has 0 spiro atoms. The van der Waals surface area contributed by atoms with Gasteiger partial charge < -0.3 is 19.5 Å². The first-order chi connectivity index (χ1) is 12.8. The van der Waals surface area contributed by atoms with Crippen LogP contribution in [0.5, 0.6) is 0 Å². The van der Waals surface area contributed by atoms with Gasteiger partial charge in [-0.3, -0.25) is 4.79 Å². The van der Waals surface area contributed by atoms with Gasteiger partial charge in [0.25, 0.3) is 0 Å². The van der Waals surface area contributed by atoms with Crippen LogP contribution in [0.25, 0.3) is 11.3 Å². The number of carboxylic acids is 1. The third-order valence-electron chi connectivity index (χ3n) is 4.64. The normalized spacial score (nSPS) is 16.3. The third-order valence-corrected chi connectivity index (χ3v) is 4.64. The van der Waals surface area contributed by atoms with E-state index in [1.807, 2.05) is 0 Å². The van der Waals surface area contributed by atoms with Crippen LogP contribution in [0.4, 0.5) is 8.78 Å². The zero-order valence-corrected chi connectivity index (χ0v) is 14.3. The summed E-state index contributed by atoms with van der Waals surface area (Å²) in [5.41, 5.74) is -1.71. The SMILES string of the molecule is O=C(CCc1ncc(-c2ccc(F)cc2F)o1)N1CCC(O)(C(=O)O)CC1. The lowest BCUT2D eigenvalue weighted by atomic mass is 9.91. The van der Waals surface area contributed by atoms with Crippen LogP contribution in [-0.4, -0.2) is 50.7 Å². The molecule has 2 heterocycles. The molecule has 1 aliphatic rings. The van der Waals surface area contributed by atoms with Crippen molar-refractivity contribution in [3.63, 3.8) is 0 Å². The monoisotopic (exact) mass is 380 g/mol. The molecule has 1 amide bonds. The highest BCUT2D eigenvalue weighted by Gasteiger charge is 2.40. The van der Waals surface area contributed by atoms with Crippen molar-refractivity contribution in [3.05, 3.63) is 41.9 Å². The Hall–Kier alpha value is -2.81. The van der Waals surface area contributed by atoms with Crippen molar-refractivity contribution in [1.29, 1.82) is 0 Å². The Morgan fingerprint density at radius 2 is 1.96 bits per heavy atom. The first kappa shape index (κ1) is 19.0. The summed E-state index contributed by atoms with van der Waals surface area (Å²) in [7, 11) is 0. The van der Waals surface area contributed by atoms with Crippen LogP contribution >= 0.6 is 0 Å². The number of rotatable bonds is 5. The van der Waals surface area contributed by atoms with Crippen molar-refractivity contribution in [3.8, 4) is 11.3 Å². The number of nitrogens with zero attached hydrogens (tertiary/aromatic N) is 2. The van der Waals surface area contributed by atoms with E-state index in [1.165, 1.54) is 17.2 Å². The number of hydrogen-bond donors (Lipinski definition) is 2. The minimum atomic E-state index is -1.78. The summed E-state index contributed by atoms with van der Waals surface area (Å²) in [5, 5.41) is 18.9. The lowest BCUT2D eigenvalue weighted by molar-refractivity contribution is -0.165. The molecule has 27 heavy (non-hydrogen) atoms. The van der Waals surface area contributed by atoms with E-state index < -0.39 is 23.2 Å². The van der Waals surface area contributed by atoms with E-state index in [9.17, 15) is 23.5 Å². The molecule has 7 nitrogen and oxygen atoms in total. The van der Waals surface area contributed by atoms with Crippen LogP contribution in [0, 0.1) is 11.6 Å². The first-order valence-electron chi connectivity index (χ1n) is 8.42. The Balaban J connectivity index is 1.56. The van der Waals surface area contributed by atoms with Crippen molar-refractivity contribution in [1.82, 2.24) is 9.88 Å². The van der Waals surface area contributed by atoms with Crippen molar-refractivity contribution < 1.29 is 33.0 Å². The molecule has 3 rings (SSSR count). The topological polar surface area (TPSA) is 104 Å². The van der Waals surface area contributed by atoms with Crippen molar-refractivity contribution in [2.24, 2.45) is 0 Å². The number of benzene rings is 1. The van der Waals surface area contributed by atoms with E-state index in [0.717, 1.165) is 12.1 Å². The molecule has 1 aromatic carbocycles. The van der Waals surface area contributed by atoms with Crippen LogP contribution in [0.15, 0.2) is 28.8 Å². The molecule has 0 atom stereocenters. The Kier molecular flexibility index (Phi) is 5.22. The van der Waals surface area contributed by atoms with Gasteiger partial charge in [-0.05, 0) is 12.1 Å². The molecule has 144 valence electrons. The van der Waals surface area contributed by atoms with Gasteiger partial charge in [0.05, 0.1) is 11.8 Å². The molecule has 1 fully saturated rings. The van der Waals surface area contributed by atoms with Crippen LogP contribution in [0.3, 0.4) is 0 Å². The van der Waals surface area contributed by atoms with Gasteiger partial charge in [0.15, 0.2) is 17.3 Å². The lowest BCUT2D eigenvalue weighted by Crippen LogP contribution is -2.50. The van der Waals surface area contributed by atoms with Crippen LogP contribution in [-0.2, 0) is 16.0 Å². The Morgan fingerprint density at radius 1 is 1.26 bits per heavy atom. The first-order valence-corrected chi connectivity index (χ1v) is 8.42. The van der Waals surface area contributed by atoms with Crippen LogP contribution < -0.4 is 0 Å². The Bertz CT molecular complexity index is 859. The molecule has 0 bridgehead atoms. The Morgan fingerprint density at radius 3 is 2.59 bits per heavy atom. The molecular weight excluding hydrogens is 362 g/mol. The number of aliphatic hydroxyl groups is 1. The fraction of sp³-hybridized carbons (Fsp3) is 0.389. The third kappa shape index (κ3) is 4.13. The number of carboxylic acid groups (broad SMARTS) is 1. The van der Waals surface area contributed by atoms with E-state index in [2.05, 4.69) is 4.98 Å². The number of aliphatic carboxylic acids is 1. The summed E-state index contributed by atoms with van der Waals surface area (Å²) in [6.45, 7) is 0.304. The zero-order valence-electron chi connectivity index (χ0n) is 14.3. The number of piperidine rings is 1. The number of oxazole rings is 1. The highest BCUT2D eigenvalue weighted by atomic mass is 19.1. The molecule has 0 aliphatic carbocycles. The fourth-order valence-corrected chi connectivity index (χ4v) is 2.95. The van der Waals surface area contributed by atoms with Gasteiger partial charge in [0.1, 0.15) is 11.6 Å². The molecule has 0 saturated carbocycles. The molecule has 2 aromatic rings. The van der Waals surface area contributed by atoms with E-state index >= 15 is 0 Å². The average molecular weight is 380 g/mol. The average Bonchev–Trinajstić information content (AvgIpc) is 3.09. The quantitative estimate of drug-likeness (QED) is 0.822. The summed E-state index contributed by atoms with van der Waals surface area (Å²) < 4.78 is 32.2. The largest absolute Gasteiger partial charge is 0.479 e. The minimum Gasteiger partial charge on any atom is -0.479 e. The van der Waals surface area contributed by atoms with E-state index in [4.69, 9.17) is 9.52 Å². The smallest absolute Gasteiger partial charge is 0.335 e.